The minimum absolute atomic E-state index is 0. The van der Waals surface area contributed by atoms with Crippen LogP contribution in [0.4, 0.5) is 22.7 Å². The molecule has 5 heterocycles. The van der Waals surface area contributed by atoms with Gasteiger partial charge in [-0.25, -0.2) is 4.98 Å². The Kier molecular flexibility index (Phi) is 8.88. The van der Waals surface area contributed by atoms with E-state index in [0.717, 1.165) is 61.6 Å². The summed E-state index contributed by atoms with van der Waals surface area (Å²) >= 11 is 0. The van der Waals surface area contributed by atoms with Gasteiger partial charge >= 0.3 is 0 Å². The Morgan fingerprint density at radius 3 is 2.08 bits per heavy atom. The van der Waals surface area contributed by atoms with Crippen molar-refractivity contribution < 1.29 is 25.8 Å². The van der Waals surface area contributed by atoms with Crippen molar-refractivity contribution in [3.05, 3.63) is 189 Å². The van der Waals surface area contributed by atoms with Crippen LogP contribution in [0.3, 0.4) is 0 Å². The summed E-state index contributed by atoms with van der Waals surface area (Å²) in [6, 6.07) is 57.8. The normalized spacial score (nSPS) is 12.7. The van der Waals surface area contributed by atoms with Gasteiger partial charge in [-0.15, -0.1) is 48.1 Å². The number of fused-ring (bicyclic) bond motifs is 7. The summed E-state index contributed by atoms with van der Waals surface area (Å²) < 4.78 is 11.1. The van der Waals surface area contributed by atoms with Crippen LogP contribution < -0.4 is 14.5 Å². The standard InChI is InChI=1S/C51H37N6O.Pt/c1-51(2,3)34-24-27-53-50(28-34)57-45-19-10-8-17-41(45)43-23-21-39(31-48(43)57)58-38-15-11-14-36(29-38)54-33-55(49-32-52-26-25-46(49)54)37-20-22-42-40-16-7-9-18-44(40)56(47(42)30-37)35-12-5-4-6-13-35;/h4-28,30,32-33H,1-3H3;/q-3;. The van der Waals surface area contributed by atoms with Gasteiger partial charge in [0.25, 0.3) is 0 Å². The van der Waals surface area contributed by atoms with E-state index >= 15 is 0 Å². The monoisotopic (exact) mass is 944 g/mol. The van der Waals surface area contributed by atoms with Crippen LogP contribution in [0.1, 0.15) is 26.3 Å². The predicted octanol–water partition coefficient (Wildman–Crippen LogP) is 12.8. The first-order valence-electron chi connectivity index (χ1n) is 19.5. The molecule has 6 aromatic carbocycles. The molecule has 1 aliphatic rings. The van der Waals surface area contributed by atoms with E-state index in [1.165, 1.54) is 21.9 Å². The molecule has 59 heavy (non-hydrogen) atoms. The van der Waals surface area contributed by atoms with Gasteiger partial charge in [0, 0.05) is 78.3 Å². The van der Waals surface area contributed by atoms with Gasteiger partial charge in [0.2, 0.25) is 0 Å². The average Bonchev–Trinajstić information content (AvgIpc) is 3.91. The second kappa shape index (κ2) is 14.3. The molecular weight excluding hydrogens is 908 g/mol. The molecule has 0 radical (unpaired) electrons. The molecule has 0 N–H and O–H groups in total. The Labute approximate surface area is 357 Å². The Morgan fingerprint density at radius 2 is 1.27 bits per heavy atom. The van der Waals surface area contributed by atoms with Crippen LogP contribution in [0.15, 0.2) is 164 Å². The van der Waals surface area contributed by atoms with E-state index in [-0.39, 0.29) is 26.5 Å². The number of pyridine rings is 2. The molecule has 8 heteroatoms. The van der Waals surface area contributed by atoms with Crippen molar-refractivity contribution in [2.45, 2.75) is 26.2 Å². The molecule has 0 fully saturated rings. The van der Waals surface area contributed by atoms with Crippen LogP contribution in [0.5, 0.6) is 11.5 Å². The summed E-state index contributed by atoms with van der Waals surface area (Å²) in [6.45, 7) is 8.77. The van der Waals surface area contributed by atoms with Crippen molar-refractivity contribution >= 4 is 66.4 Å². The first-order chi connectivity index (χ1) is 28.4. The van der Waals surface area contributed by atoms with Crippen LogP contribution in [0.25, 0.3) is 55.1 Å². The third-order valence-electron chi connectivity index (χ3n) is 11.1. The summed E-state index contributed by atoms with van der Waals surface area (Å²) in [4.78, 5) is 13.7. The van der Waals surface area contributed by atoms with Crippen LogP contribution in [0.2, 0.25) is 0 Å². The maximum absolute atomic E-state index is 6.57. The summed E-state index contributed by atoms with van der Waals surface area (Å²) in [5, 5.41) is 4.65. The number of hydrogen-bond acceptors (Lipinski definition) is 5. The second-order valence-corrected chi connectivity index (χ2v) is 15.7. The Bertz CT molecular complexity index is 3200. The van der Waals surface area contributed by atoms with Crippen LogP contribution >= 0.6 is 0 Å². The van der Waals surface area contributed by atoms with Gasteiger partial charge in [-0.1, -0.05) is 87.0 Å². The molecular formula is C51H37N6OPt-3. The largest absolute Gasteiger partial charge is 0.509 e. The predicted molar refractivity (Wildman–Crippen MR) is 235 cm³/mol. The molecule has 11 rings (SSSR count). The maximum Gasteiger partial charge on any atom is 0.135 e. The molecule has 0 unspecified atom stereocenters. The van der Waals surface area contributed by atoms with E-state index in [1.807, 2.05) is 48.9 Å². The zero-order valence-electron chi connectivity index (χ0n) is 32.6. The summed E-state index contributed by atoms with van der Waals surface area (Å²) in [5.41, 5.74) is 10.4. The fourth-order valence-electron chi connectivity index (χ4n) is 8.30. The fraction of sp³-hybridized carbons (Fsp3) is 0.0784. The van der Waals surface area contributed by atoms with Gasteiger partial charge in [0.05, 0.1) is 22.9 Å². The quantitative estimate of drug-likeness (QED) is 0.156. The molecule has 0 aliphatic carbocycles. The zero-order chi connectivity index (χ0) is 39.0. The van der Waals surface area contributed by atoms with Crippen LogP contribution in [-0.2, 0) is 26.5 Å². The van der Waals surface area contributed by atoms with Crippen LogP contribution in [-0.4, -0.2) is 19.1 Å². The SMILES string of the molecule is CC(C)(C)c1ccnc(-n2c3[c-]c(Oc4[c-]c(N5[CH-]N(c6ccc7c8ccccc8n(-c8ccccc8)c7c6)c6cnccc65)ccc4)ccc3c3ccccc32)c1.[Pt]. The molecule has 0 saturated carbocycles. The average molecular weight is 945 g/mol. The van der Waals surface area contributed by atoms with E-state index in [9.17, 15) is 0 Å². The van der Waals surface area contributed by atoms with Crippen molar-refractivity contribution in [3.8, 4) is 23.0 Å². The number of ether oxygens (including phenoxy) is 1. The third-order valence-corrected chi connectivity index (χ3v) is 11.1. The van der Waals surface area contributed by atoms with Crippen molar-refractivity contribution in [1.29, 1.82) is 0 Å². The third kappa shape index (κ3) is 6.16. The molecule has 0 bridgehead atoms. The molecule has 0 saturated heterocycles. The van der Waals surface area contributed by atoms with Crippen molar-refractivity contribution in [2.75, 3.05) is 9.80 Å². The molecule has 10 aromatic rings. The Balaban J connectivity index is 0.00000420. The van der Waals surface area contributed by atoms with Gasteiger partial charge < -0.3 is 23.7 Å². The number of anilines is 4. The van der Waals surface area contributed by atoms with Gasteiger partial charge in [0.15, 0.2) is 0 Å². The molecule has 0 amide bonds. The molecule has 7 nitrogen and oxygen atoms in total. The van der Waals surface area contributed by atoms with Gasteiger partial charge in [0.1, 0.15) is 5.82 Å². The Morgan fingerprint density at radius 1 is 0.559 bits per heavy atom. The van der Waals surface area contributed by atoms with Gasteiger partial charge in [-0.2, -0.15) is 12.1 Å². The first-order valence-corrected chi connectivity index (χ1v) is 19.5. The first kappa shape index (κ1) is 36.6. The maximum atomic E-state index is 6.57. The number of aromatic nitrogens is 4. The molecule has 0 spiro atoms. The van der Waals surface area contributed by atoms with Crippen molar-refractivity contribution in [2.24, 2.45) is 0 Å². The number of benzene rings is 6. The smallest absolute Gasteiger partial charge is 0.135 e. The fourth-order valence-corrected chi connectivity index (χ4v) is 8.30. The Hall–Kier alpha value is -6.69. The summed E-state index contributed by atoms with van der Waals surface area (Å²) in [5.74, 6) is 2.03. The van der Waals surface area contributed by atoms with Gasteiger partial charge in [-0.3, -0.25) is 4.98 Å². The van der Waals surface area contributed by atoms with Crippen molar-refractivity contribution in [3.63, 3.8) is 0 Å². The zero-order valence-corrected chi connectivity index (χ0v) is 34.8. The molecule has 290 valence electrons. The number of para-hydroxylation sites is 3. The summed E-state index contributed by atoms with van der Waals surface area (Å²) in [6.07, 6.45) is 5.64. The number of rotatable bonds is 6. The number of nitrogens with zero attached hydrogens (tertiary/aromatic N) is 6. The molecule has 0 atom stereocenters. The van der Waals surface area contributed by atoms with Crippen molar-refractivity contribution in [1.82, 2.24) is 19.1 Å². The van der Waals surface area contributed by atoms with E-state index in [2.05, 4.69) is 179 Å². The molecule has 4 aromatic heterocycles. The van der Waals surface area contributed by atoms with E-state index < -0.39 is 0 Å². The minimum Gasteiger partial charge on any atom is -0.509 e. The topological polar surface area (TPSA) is 51.4 Å². The minimum atomic E-state index is -0.0204. The van der Waals surface area contributed by atoms with Crippen LogP contribution in [0, 0.1) is 18.8 Å². The molecule has 1 aliphatic heterocycles. The second-order valence-electron chi connectivity index (χ2n) is 15.7. The van der Waals surface area contributed by atoms with Gasteiger partial charge in [-0.05, 0) is 71.0 Å². The summed E-state index contributed by atoms with van der Waals surface area (Å²) in [7, 11) is 0. The number of hydrogen-bond donors (Lipinski definition) is 0. The van der Waals surface area contributed by atoms with E-state index in [4.69, 9.17) is 9.72 Å². The van der Waals surface area contributed by atoms with E-state index in [0.29, 0.717) is 11.5 Å². The van der Waals surface area contributed by atoms with E-state index in [1.54, 1.807) is 0 Å².